The van der Waals surface area contributed by atoms with Crippen molar-refractivity contribution in [1.29, 1.82) is 0 Å². The predicted molar refractivity (Wildman–Crippen MR) is 113 cm³/mol. The van der Waals surface area contributed by atoms with E-state index in [-0.39, 0.29) is 10.8 Å². The standard InChI is InChI=1S/C22H23N3O3S/c1-16-7-10-20(11-8-16)29(27,28)25(3)21-12-9-18(14-17(21)2)22(26)24-15-19-6-4-5-13-23-19/h4-14H,15H2,1-3H3,(H,24,26). The molecule has 1 aromatic heterocycles. The Kier molecular flexibility index (Phi) is 5.98. The summed E-state index contributed by atoms with van der Waals surface area (Å²) >= 11 is 0. The number of amides is 1. The maximum Gasteiger partial charge on any atom is 0.264 e. The Bertz CT molecular complexity index is 1110. The number of rotatable bonds is 6. The van der Waals surface area contributed by atoms with Crippen LogP contribution >= 0.6 is 0 Å². The van der Waals surface area contributed by atoms with E-state index < -0.39 is 10.0 Å². The summed E-state index contributed by atoms with van der Waals surface area (Å²) in [6.07, 6.45) is 1.67. The number of carbonyl (C=O) groups excluding carboxylic acids is 1. The van der Waals surface area contributed by atoms with Gasteiger partial charge < -0.3 is 5.32 Å². The molecule has 0 radical (unpaired) electrons. The van der Waals surface area contributed by atoms with E-state index in [1.807, 2.05) is 25.1 Å². The number of benzene rings is 2. The van der Waals surface area contributed by atoms with Gasteiger partial charge in [0.1, 0.15) is 0 Å². The van der Waals surface area contributed by atoms with Crippen molar-refractivity contribution in [2.45, 2.75) is 25.3 Å². The molecule has 1 amide bonds. The summed E-state index contributed by atoms with van der Waals surface area (Å²) < 4.78 is 27.1. The maximum absolute atomic E-state index is 12.9. The fourth-order valence-electron chi connectivity index (χ4n) is 2.92. The van der Waals surface area contributed by atoms with E-state index in [0.29, 0.717) is 23.4 Å². The second kappa shape index (κ2) is 8.45. The molecule has 0 aliphatic rings. The van der Waals surface area contributed by atoms with Crippen LogP contribution in [0, 0.1) is 13.8 Å². The summed E-state index contributed by atoms with van der Waals surface area (Å²) in [6.45, 7) is 4.01. The van der Waals surface area contributed by atoms with Gasteiger partial charge in [0.05, 0.1) is 22.8 Å². The molecule has 0 aliphatic heterocycles. The molecule has 0 atom stereocenters. The van der Waals surface area contributed by atoms with Crippen LogP contribution in [0.3, 0.4) is 0 Å². The van der Waals surface area contributed by atoms with Crippen LogP contribution in [0.2, 0.25) is 0 Å². The average Bonchev–Trinajstić information content (AvgIpc) is 2.72. The van der Waals surface area contributed by atoms with Gasteiger partial charge in [-0.25, -0.2) is 8.42 Å². The van der Waals surface area contributed by atoms with Crippen molar-refractivity contribution < 1.29 is 13.2 Å². The summed E-state index contributed by atoms with van der Waals surface area (Å²) in [7, 11) is -2.17. The average molecular weight is 410 g/mol. The van der Waals surface area contributed by atoms with Crippen LogP contribution < -0.4 is 9.62 Å². The van der Waals surface area contributed by atoms with Gasteiger partial charge in [-0.2, -0.15) is 0 Å². The van der Waals surface area contributed by atoms with E-state index in [9.17, 15) is 13.2 Å². The monoisotopic (exact) mass is 409 g/mol. The number of hydrogen-bond donors (Lipinski definition) is 1. The van der Waals surface area contributed by atoms with Crippen LogP contribution in [0.5, 0.6) is 0 Å². The highest BCUT2D eigenvalue weighted by molar-refractivity contribution is 7.92. The third-order valence-electron chi connectivity index (χ3n) is 4.63. The summed E-state index contributed by atoms with van der Waals surface area (Å²) in [5, 5.41) is 2.82. The Hall–Kier alpha value is -3.19. The summed E-state index contributed by atoms with van der Waals surface area (Å²) in [4.78, 5) is 16.8. The molecule has 0 bridgehead atoms. The zero-order valence-electron chi connectivity index (χ0n) is 16.6. The lowest BCUT2D eigenvalue weighted by molar-refractivity contribution is 0.0950. The van der Waals surface area contributed by atoms with E-state index in [2.05, 4.69) is 10.3 Å². The van der Waals surface area contributed by atoms with E-state index in [4.69, 9.17) is 0 Å². The Morgan fingerprint density at radius 1 is 1.03 bits per heavy atom. The first kappa shape index (κ1) is 20.5. The van der Waals surface area contributed by atoms with Gasteiger partial charge >= 0.3 is 0 Å². The molecule has 0 aliphatic carbocycles. The number of hydrogen-bond acceptors (Lipinski definition) is 4. The van der Waals surface area contributed by atoms with Crippen LogP contribution in [0.25, 0.3) is 0 Å². The lowest BCUT2D eigenvalue weighted by Crippen LogP contribution is -2.28. The number of anilines is 1. The number of pyridine rings is 1. The molecule has 0 spiro atoms. The fraction of sp³-hybridized carbons (Fsp3) is 0.182. The predicted octanol–water partition coefficient (Wildman–Crippen LogP) is 3.45. The van der Waals surface area contributed by atoms with Gasteiger partial charge in [0, 0.05) is 18.8 Å². The van der Waals surface area contributed by atoms with Gasteiger partial charge in [0.25, 0.3) is 15.9 Å². The number of nitrogens with zero attached hydrogens (tertiary/aromatic N) is 2. The molecular formula is C22H23N3O3S. The highest BCUT2D eigenvalue weighted by Crippen LogP contribution is 2.26. The van der Waals surface area contributed by atoms with Crippen molar-refractivity contribution in [3.05, 3.63) is 89.2 Å². The van der Waals surface area contributed by atoms with E-state index in [0.717, 1.165) is 11.3 Å². The minimum absolute atomic E-state index is 0.224. The zero-order valence-corrected chi connectivity index (χ0v) is 17.4. The lowest BCUT2D eigenvalue weighted by atomic mass is 10.1. The Labute approximate surface area is 171 Å². The molecule has 3 aromatic rings. The summed E-state index contributed by atoms with van der Waals surface area (Å²) in [6, 6.07) is 17.2. The van der Waals surface area contributed by atoms with Gasteiger partial charge in [-0.15, -0.1) is 0 Å². The van der Waals surface area contributed by atoms with Gasteiger partial charge in [0.15, 0.2) is 0 Å². The molecule has 0 saturated heterocycles. The molecule has 0 fully saturated rings. The molecule has 150 valence electrons. The van der Waals surface area contributed by atoms with E-state index >= 15 is 0 Å². The molecule has 0 unspecified atom stereocenters. The van der Waals surface area contributed by atoms with Crippen LogP contribution in [0.1, 0.15) is 27.2 Å². The van der Waals surface area contributed by atoms with Gasteiger partial charge in [-0.3, -0.25) is 14.1 Å². The molecule has 1 heterocycles. The number of aromatic nitrogens is 1. The number of aryl methyl sites for hydroxylation is 2. The molecule has 3 rings (SSSR count). The molecule has 0 saturated carbocycles. The van der Waals surface area contributed by atoms with Crippen molar-refractivity contribution in [1.82, 2.24) is 10.3 Å². The minimum atomic E-state index is -3.69. The molecule has 6 nitrogen and oxygen atoms in total. The Morgan fingerprint density at radius 2 is 1.76 bits per heavy atom. The number of carbonyl (C=O) groups is 1. The van der Waals surface area contributed by atoms with Crippen molar-refractivity contribution in [2.75, 3.05) is 11.4 Å². The summed E-state index contributed by atoms with van der Waals surface area (Å²) in [5.74, 6) is -0.241. The SMILES string of the molecule is Cc1ccc(S(=O)(=O)N(C)c2ccc(C(=O)NCc3ccccn3)cc2C)cc1. The lowest BCUT2D eigenvalue weighted by Gasteiger charge is -2.22. The molecule has 7 heteroatoms. The molecular weight excluding hydrogens is 386 g/mol. The first-order valence-corrected chi connectivity index (χ1v) is 10.6. The highest BCUT2D eigenvalue weighted by Gasteiger charge is 2.22. The Balaban J connectivity index is 1.78. The molecule has 1 N–H and O–H groups in total. The largest absolute Gasteiger partial charge is 0.346 e. The quantitative estimate of drug-likeness (QED) is 0.676. The molecule has 29 heavy (non-hydrogen) atoms. The van der Waals surface area contributed by atoms with Crippen LogP contribution in [0.4, 0.5) is 5.69 Å². The first-order chi connectivity index (χ1) is 13.8. The minimum Gasteiger partial charge on any atom is -0.346 e. The van der Waals surface area contributed by atoms with Crippen LogP contribution in [-0.4, -0.2) is 26.4 Å². The van der Waals surface area contributed by atoms with Crippen molar-refractivity contribution >= 4 is 21.6 Å². The second-order valence-corrected chi connectivity index (χ2v) is 8.76. The smallest absolute Gasteiger partial charge is 0.264 e. The van der Waals surface area contributed by atoms with E-state index in [1.54, 1.807) is 55.6 Å². The molecule has 2 aromatic carbocycles. The van der Waals surface area contributed by atoms with Crippen LogP contribution in [-0.2, 0) is 16.6 Å². The third kappa shape index (κ3) is 4.63. The fourth-order valence-corrected chi connectivity index (χ4v) is 4.18. The second-order valence-electron chi connectivity index (χ2n) is 6.79. The summed E-state index contributed by atoms with van der Waals surface area (Å²) in [5.41, 5.74) is 3.42. The van der Waals surface area contributed by atoms with Crippen LogP contribution in [0.15, 0.2) is 71.8 Å². The van der Waals surface area contributed by atoms with Crippen molar-refractivity contribution in [3.63, 3.8) is 0 Å². The third-order valence-corrected chi connectivity index (χ3v) is 6.42. The number of nitrogens with one attached hydrogen (secondary N) is 1. The van der Waals surface area contributed by atoms with Crippen molar-refractivity contribution in [3.8, 4) is 0 Å². The van der Waals surface area contributed by atoms with Gasteiger partial charge in [0.2, 0.25) is 0 Å². The van der Waals surface area contributed by atoms with Gasteiger partial charge in [-0.1, -0.05) is 23.8 Å². The number of sulfonamides is 1. The Morgan fingerprint density at radius 3 is 2.38 bits per heavy atom. The normalized spacial score (nSPS) is 11.1. The highest BCUT2D eigenvalue weighted by atomic mass is 32.2. The van der Waals surface area contributed by atoms with E-state index in [1.165, 1.54) is 11.4 Å². The van der Waals surface area contributed by atoms with Crippen molar-refractivity contribution in [2.24, 2.45) is 0 Å². The maximum atomic E-state index is 12.9. The first-order valence-electron chi connectivity index (χ1n) is 9.13. The van der Waals surface area contributed by atoms with Gasteiger partial charge in [-0.05, 0) is 61.9 Å². The zero-order chi connectivity index (χ0) is 21.0. The topological polar surface area (TPSA) is 79.4 Å².